The topological polar surface area (TPSA) is 78.4 Å². The Bertz CT molecular complexity index is 593. The Labute approximate surface area is 142 Å². The minimum Gasteiger partial charge on any atom is -0.391 e. The lowest BCUT2D eigenvalue weighted by Gasteiger charge is -2.18. The molecule has 0 radical (unpaired) electrons. The Morgan fingerprint density at radius 2 is 1.83 bits per heavy atom. The lowest BCUT2D eigenvalue weighted by Crippen LogP contribution is -2.35. The van der Waals surface area contributed by atoms with E-state index in [4.69, 9.17) is 0 Å². The standard InChI is InChI=1S/C19H26N2O3/c1-12-10-16(12)19(24)21-15-8-6-14(7-9-15)18(23)20-11-17(22)13-4-2-3-5-13/h6-9,12-13,16-17,22H,2-5,10-11H2,1H3,(H,20,23)(H,21,24)/t12-,16-,17-/m1/s1. The van der Waals surface area contributed by atoms with Gasteiger partial charge in [0.2, 0.25) is 5.91 Å². The van der Waals surface area contributed by atoms with Crippen LogP contribution in [0, 0.1) is 17.8 Å². The molecule has 0 unspecified atom stereocenters. The fraction of sp³-hybridized carbons (Fsp3) is 0.579. The number of hydrogen-bond acceptors (Lipinski definition) is 3. The highest BCUT2D eigenvalue weighted by Crippen LogP contribution is 2.38. The van der Waals surface area contributed by atoms with Crippen LogP contribution in [0.3, 0.4) is 0 Å². The summed E-state index contributed by atoms with van der Waals surface area (Å²) in [6.45, 7) is 2.36. The Morgan fingerprint density at radius 1 is 1.21 bits per heavy atom. The predicted octanol–water partition coefficient (Wildman–Crippen LogP) is 2.56. The van der Waals surface area contributed by atoms with Crippen molar-refractivity contribution in [2.45, 2.75) is 45.1 Å². The van der Waals surface area contributed by atoms with Gasteiger partial charge in [-0.25, -0.2) is 0 Å². The van der Waals surface area contributed by atoms with Gasteiger partial charge >= 0.3 is 0 Å². The van der Waals surface area contributed by atoms with Crippen LogP contribution in [-0.4, -0.2) is 29.6 Å². The zero-order chi connectivity index (χ0) is 17.1. The lowest BCUT2D eigenvalue weighted by atomic mass is 10.0. The van der Waals surface area contributed by atoms with Crippen LogP contribution in [0.4, 0.5) is 5.69 Å². The van der Waals surface area contributed by atoms with Crippen molar-refractivity contribution in [2.24, 2.45) is 17.8 Å². The summed E-state index contributed by atoms with van der Waals surface area (Å²) >= 11 is 0. The minimum absolute atomic E-state index is 0.0550. The molecule has 5 heteroatoms. The van der Waals surface area contributed by atoms with Crippen molar-refractivity contribution in [2.75, 3.05) is 11.9 Å². The third-order valence-corrected chi connectivity index (χ3v) is 5.28. The maximum atomic E-state index is 12.1. The molecule has 0 aliphatic heterocycles. The average Bonchev–Trinajstić information content (AvgIpc) is 3.09. The second-order valence-corrected chi connectivity index (χ2v) is 7.21. The molecule has 2 fully saturated rings. The molecule has 3 atom stereocenters. The molecule has 0 spiro atoms. The number of anilines is 1. The number of carbonyl (C=O) groups is 2. The number of amides is 2. The number of aliphatic hydroxyl groups is 1. The van der Waals surface area contributed by atoms with E-state index in [2.05, 4.69) is 17.6 Å². The van der Waals surface area contributed by atoms with Gasteiger partial charge in [0, 0.05) is 23.7 Å². The summed E-state index contributed by atoms with van der Waals surface area (Å²) in [5.41, 5.74) is 1.24. The molecule has 0 heterocycles. The van der Waals surface area contributed by atoms with Crippen molar-refractivity contribution in [3.8, 4) is 0 Å². The summed E-state index contributed by atoms with van der Waals surface area (Å²) < 4.78 is 0. The first-order chi connectivity index (χ1) is 11.5. The van der Waals surface area contributed by atoms with E-state index in [0.29, 0.717) is 29.6 Å². The number of nitrogens with one attached hydrogen (secondary N) is 2. The molecule has 2 saturated carbocycles. The molecular formula is C19H26N2O3. The fourth-order valence-corrected chi connectivity index (χ4v) is 3.44. The Balaban J connectivity index is 1.47. The maximum Gasteiger partial charge on any atom is 0.251 e. The summed E-state index contributed by atoms with van der Waals surface area (Å²) in [5, 5.41) is 15.8. The molecular weight excluding hydrogens is 304 g/mol. The summed E-state index contributed by atoms with van der Waals surface area (Å²) in [6.07, 6.45) is 4.92. The Kier molecular flexibility index (Phi) is 5.19. The molecule has 2 aliphatic carbocycles. The first kappa shape index (κ1) is 17.0. The van der Waals surface area contributed by atoms with Gasteiger partial charge in [0.15, 0.2) is 0 Å². The van der Waals surface area contributed by atoms with Crippen LogP contribution in [-0.2, 0) is 4.79 Å². The SMILES string of the molecule is C[C@@H]1C[C@H]1C(=O)Nc1ccc(C(=O)NC[C@@H](O)C2CCCC2)cc1. The van der Waals surface area contributed by atoms with E-state index in [1.807, 2.05) is 0 Å². The van der Waals surface area contributed by atoms with Gasteiger partial charge < -0.3 is 15.7 Å². The molecule has 24 heavy (non-hydrogen) atoms. The van der Waals surface area contributed by atoms with Gasteiger partial charge in [-0.05, 0) is 55.4 Å². The van der Waals surface area contributed by atoms with Crippen LogP contribution in [0.5, 0.6) is 0 Å². The number of hydrogen-bond donors (Lipinski definition) is 3. The van der Waals surface area contributed by atoms with Gasteiger partial charge in [0.25, 0.3) is 5.91 Å². The van der Waals surface area contributed by atoms with E-state index in [1.165, 1.54) is 12.8 Å². The summed E-state index contributed by atoms with van der Waals surface area (Å²) in [7, 11) is 0. The van der Waals surface area contributed by atoms with Crippen molar-refractivity contribution in [3.05, 3.63) is 29.8 Å². The highest BCUT2D eigenvalue weighted by molar-refractivity contribution is 5.96. The zero-order valence-electron chi connectivity index (χ0n) is 14.1. The van der Waals surface area contributed by atoms with E-state index in [-0.39, 0.29) is 17.7 Å². The Morgan fingerprint density at radius 3 is 2.42 bits per heavy atom. The molecule has 2 amide bonds. The normalized spacial score (nSPS) is 24.4. The molecule has 0 bridgehead atoms. The minimum atomic E-state index is -0.462. The van der Waals surface area contributed by atoms with Gasteiger partial charge in [-0.1, -0.05) is 19.8 Å². The predicted molar refractivity (Wildman–Crippen MR) is 92.6 cm³/mol. The number of carbonyl (C=O) groups excluding carboxylic acids is 2. The quantitative estimate of drug-likeness (QED) is 0.750. The molecule has 5 nitrogen and oxygen atoms in total. The highest BCUT2D eigenvalue weighted by Gasteiger charge is 2.39. The molecule has 0 aromatic heterocycles. The van der Waals surface area contributed by atoms with E-state index in [1.54, 1.807) is 24.3 Å². The lowest BCUT2D eigenvalue weighted by molar-refractivity contribution is -0.117. The second-order valence-electron chi connectivity index (χ2n) is 7.21. The first-order valence-corrected chi connectivity index (χ1v) is 8.92. The summed E-state index contributed by atoms with van der Waals surface area (Å²) in [6, 6.07) is 6.88. The number of aliphatic hydroxyl groups excluding tert-OH is 1. The van der Waals surface area contributed by atoms with Gasteiger partial charge in [0.05, 0.1) is 6.10 Å². The molecule has 3 rings (SSSR count). The van der Waals surface area contributed by atoms with Crippen molar-refractivity contribution >= 4 is 17.5 Å². The highest BCUT2D eigenvalue weighted by atomic mass is 16.3. The molecule has 0 saturated heterocycles. The number of benzene rings is 1. The monoisotopic (exact) mass is 330 g/mol. The van der Waals surface area contributed by atoms with Gasteiger partial charge in [-0.2, -0.15) is 0 Å². The average molecular weight is 330 g/mol. The van der Waals surface area contributed by atoms with E-state index >= 15 is 0 Å². The van der Waals surface area contributed by atoms with Crippen LogP contribution >= 0.6 is 0 Å². The fourth-order valence-electron chi connectivity index (χ4n) is 3.44. The third-order valence-electron chi connectivity index (χ3n) is 5.28. The molecule has 3 N–H and O–H groups in total. The number of rotatable bonds is 6. The van der Waals surface area contributed by atoms with Crippen LogP contribution < -0.4 is 10.6 Å². The van der Waals surface area contributed by atoms with Gasteiger partial charge in [-0.15, -0.1) is 0 Å². The zero-order valence-corrected chi connectivity index (χ0v) is 14.1. The van der Waals surface area contributed by atoms with E-state index < -0.39 is 6.10 Å². The maximum absolute atomic E-state index is 12.1. The van der Waals surface area contributed by atoms with Gasteiger partial charge in [-0.3, -0.25) is 9.59 Å². The van der Waals surface area contributed by atoms with Crippen LogP contribution in [0.25, 0.3) is 0 Å². The third kappa shape index (κ3) is 4.15. The van der Waals surface area contributed by atoms with Crippen molar-refractivity contribution in [1.29, 1.82) is 0 Å². The van der Waals surface area contributed by atoms with Crippen molar-refractivity contribution in [1.82, 2.24) is 5.32 Å². The molecule has 1 aromatic carbocycles. The smallest absolute Gasteiger partial charge is 0.251 e. The molecule has 130 valence electrons. The molecule has 2 aliphatic rings. The van der Waals surface area contributed by atoms with Crippen molar-refractivity contribution in [3.63, 3.8) is 0 Å². The van der Waals surface area contributed by atoms with Gasteiger partial charge in [0.1, 0.15) is 0 Å². The first-order valence-electron chi connectivity index (χ1n) is 8.92. The van der Waals surface area contributed by atoms with E-state index in [9.17, 15) is 14.7 Å². The van der Waals surface area contributed by atoms with Crippen LogP contribution in [0.2, 0.25) is 0 Å². The summed E-state index contributed by atoms with van der Waals surface area (Å²) in [5.74, 6) is 0.777. The van der Waals surface area contributed by atoms with Crippen LogP contribution in [0.1, 0.15) is 49.4 Å². The summed E-state index contributed by atoms with van der Waals surface area (Å²) in [4.78, 5) is 24.0. The largest absolute Gasteiger partial charge is 0.391 e. The van der Waals surface area contributed by atoms with Crippen molar-refractivity contribution < 1.29 is 14.7 Å². The molecule has 1 aromatic rings. The van der Waals surface area contributed by atoms with Crippen LogP contribution in [0.15, 0.2) is 24.3 Å². The van der Waals surface area contributed by atoms with E-state index in [0.717, 1.165) is 19.3 Å². The second kappa shape index (κ2) is 7.34. The Hall–Kier alpha value is -1.88.